The maximum Gasteiger partial charge on any atom is 0.187 e. The summed E-state index contributed by atoms with van der Waals surface area (Å²) >= 11 is 0. The van der Waals surface area contributed by atoms with Crippen molar-refractivity contribution in [1.29, 1.82) is 0 Å². The van der Waals surface area contributed by atoms with E-state index in [4.69, 9.17) is 18.9 Å². The monoisotopic (exact) mass is 428 g/mol. The molecule has 3 rings (SSSR count). The van der Waals surface area contributed by atoms with Gasteiger partial charge in [-0.2, -0.15) is 0 Å². The Bertz CT molecular complexity index is 671. The molecule has 2 aliphatic rings. The lowest BCUT2D eigenvalue weighted by atomic mass is 9.99. The molecule has 30 heavy (non-hydrogen) atoms. The van der Waals surface area contributed by atoms with E-state index in [1.54, 1.807) is 6.08 Å². The summed E-state index contributed by atoms with van der Waals surface area (Å²) in [5.74, 6) is 0. The summed E-state index contributed by atoms with van der Waals surface area (Å²) in [5.41, 5.74) is 0.964. The van der Waals surface area contributed by atoms with Crippen molar-refractivity contribution >= 4 is 6.08 Å². The van der Waals surface area contributed by atoms with E-state index < -0.39 is 55.3 Å². The van der Waals surface area contributed by atoms with Gasteiger partial charge in [-0.05, 0) is 5.56 Å². The van der Waals surface area contributed by atoms with Crippen molar-refractivity contribution in [3.63, 3.8) is 0 Å². The van der Waals surface area contributed by atoms with Crippen LogP contribution < -0.4 is 0 Å². The number of rotatable bonds is 7. The molecule has 10 heteroatoms. The van der Waals surface area contributed by atoms with Crippen LogP contribution in [0.25, 0.3) is 6.08 Å². The van der Waals surface area contributed by atoms with Crippen molar-refractivity contribution in [2.75, 3.05) is 19.8 Å². The Morgan fingerprint density at radius 3 is 2.27 bits per heavy atom. The molecule has 168 valence electrons. The van der Waals surface area contributed by atoms with Gasteiger partial charge in [0.25, 0.3) is 0 Å². The summed E-state index contributed by atoms with van der Waals surface area (Å²) in [7, 11) is 0. The van der Waals surface area contributed by atoms with Gasteiger partial charge in [-0.3, -0.25) is 0 Å². The van der Waals surface area contributed by atoms with Gasteiger partial charge in [-0.1, -0.05) is 42.5 Å². The first-order chi connectivity index (χ1) is 14.4. The molecule has 0 aromatic heterocycles. The smallest absolute Gasteiger partial charge is 0.187 e. The maximum absolute atomic E-state index is 10.2. The Kier molecular flexibility index (Phi) is 8.31. The minimum Gasteiger partial charge on any atom is -0.388 e. The van der Waals surface area contributed by atoms with Gasteiger partial charge in [0.15, 0.2) is 12.6 Å². The fourth-order valence-corrected chi connectivity index (χ4v) is 3.21. The first-order valence-corrected chi connectivity index (χ1v) is 9.68. The topological polar surface area (TPSA) is 158 Å². The zero-order valence-electron chi connectivity index (χ0n) is 16.2. The highest BCUT2D eigenvalue weighted by molar-refractivity contribution is 5.48. The van der Waals surface area contributed by atoms with Crippen LogP contribution in [0.2, 0.25) is 0 Å². The van der Waals surface area contributed by atoms with E-state index in [2.05, 4.69) is 0 Å². The van der Waals surface area contributed by atoms with Crippen molar-refractivity contribution in [3.05, 3.63) is 42.0 Å². The van der Waals surface area contributed by atoms with Gasteiger partial charge in [0.05, 0.1) is 19.8 Å². The lowest BCUT2D eigenvalue weighted by Crippen LogP contribution is -2.60. The predicted octanol–water partition coefficient (Wildman–Crippen LogP) is -2.02. The fraction of sp³-hybridized carbons (Fsp3) is 0.600. The zero-order chi connectivity index (χ0) is 21.7. The van der Waals surface area contributed by atoms with E-state index in [-0.39, 0.29) is 19.8 Å². The minimum atomic E-state index is -1.54. The molecule has 0 aliphatic carbocycles. The lowest BCUT2D eigenvalue weighted by Gasteiger charge is -2.41. The Morgan fingerprint density at radius 1 is 0.833 bits per heavy atom. The van der Waals surface area contributed by atoms with Crippen LogP contribution >= 0.6 is 0 Å². The molecule has 0 radical (unpaired) electrons. The quantitative estimate of drug-likeness (QED) is 0.286. The largest absolute Gasteiger partial charge is 0.388 e. The van der Waals surface area contributed by atoms with Crippen LogP contribution in [-0.2, 0) is 18.9 Å². The molecule has 2 aliphatic heterocycles. The first kappa shape index (κ1) is 23.2. The van der Waals surface area contributed by atoms with Crippen molar-refractivity contribution in [2.24, 2.45) is 0 Å². The highest BCUT2D eigenvalue weighted by atomic mass is 16.7. The van der Waals surface area contributed by atoms with E-state index in [1.807, 2.05) is 36.4 Å². The van der Waals surface area contributed by atoms with Crippen LogP contribution in [-0.4, -0.2) is 106 Å². The molecule has 2 fully saturated rings. The van der Waals surface area contributed by atoms with Crippen molar-refractivity contribution < 1.29 is 49.6 Å². The Balaban J connectivity index is 1.52. The average molecular weight is 428 g/mol. The summed E-state index contributed by atoms with van der Waals surface area (Å²) in [4.78, 5) is 0. The summed E-state index contributed by atoms with van der Waals surface area (Å²) in [6, 6.07) is 9.50. The molecule has 0 saturated carbocycles. The number of aliphatic hydroxyl groups excluding tert-OH is 6. The number of hydrogen-bond acceptors (Lipinski definition) is 10. The fourth-order valence-electron chi connectivity index (χ4n) is 3.21. The van der Waals surface area contributed by atoms with Crippen LogP contribution in [0.3, 0.4) is 0 Å². The van der Waals surface area contributed by atoms with E-state index in [0.29, 0.717) is 0 Å². The third kappa shape index (κ3) is 5.62. The molecule has 6 N–H and O–H groups in total. The van der Waals surface area contributed by atoms with Gasteiger partial charge in [0, 0.05) is 0 Å². The van der Waals surface area contributed by atoms with E-state index in [9.17, 15) is 30.6 Å². The second kappa shape index (κ2) is 10.7. The molecule has 1 aromatic carbocycles. The maximum atomic E-state index is 10.2. The first-order valence-electron chi connectivity index (χ1n) is 9.68. The van der Waals surface area contributed by atoms with Crippen LogP contribution in [0, 0.1) is 0 Å². The van der Waals surface area contributed by atoms with Crippen LogP contribution in [0.5, 0.6) is 0 Å². The second-order valence-electron chi connectivity index (χ2n) is 7.24. The molecular formula is C20H28O10. The highest BCUT2D eigenvalue weighted by Gasteiger charge is 2.45. The Hall–Kier alpha value is -1.44. The summed E-state index contributed by atoms with van der Waals surface area (Å²) in [6.45, 7) is -0.478. The molecule has 2 heterocycles. The normalized spacial score (nSPS) is 40.0. The summed E-state index contributed by atoms with van der Waals surface area (Å²) < 4.78 is 21.5. The highest BCUT2D eigenvalue weighted by Crippen LogP contribution is 2.24. The molecule has 0 bridgehead atoms. The average Bonchev–Trinajstić information content (AvgIpc) is 2.76. The second-order valence-corrected chi connectivity index (χ2v) is 7.24. The van der Waals surface area contributed by atoms with Crippen molar-refractivity contribution in [3.8, 4) is 0 Å². The predicted molar refractivity (Wildman–Crippen MR) is 102 cm³/mol. The van der Waals surface area contributed by atoms with Gasteiger partial charge in [0.1, 0.15) is 42.7 Å². The number of benzene rings is 1. The number of hydrogen-bond donors (Lipinski definition) is 6. The van der Waals surface area contributed by atoms with Gasteiger partial charge >= 0.3 is 0 Å². The van der Waals surface area contributed by atoms with Gasteiger partial charge in [-0.25, -0.2) is 0 Å². The van der Waals surface area contributed by atoms with Gasteiger partial charge in [0.2, 0.25) is 0 Å². The Morgan fingerprint density at radius 2 is 1.53 bits per heavy atom. The molecular weight excluding hydrogens is 400 g/mol. The SMILES string of the molecule is O[C@@H]1[C@@H](O)[C@H](OCC=Cc2ccccc2)O[C@H](COC2OC[C@H](O)[C@H](O)[C@H]2O)[C@H]1O. The summed E-state index contributed by atoms with van der Waals surface area (Å²) in [5, 5.41) is 59.4. The molecule has 0 spiro atoms. The third-order valence-corrected chi connectivity index (χ3v) is 5.01. The van der Waals surface area contributed by atoms with E-state index in [1.165, 1.54) is 0 Å². The Labute approximate surface area is 173 Å². The van der Waals surface area contributed by atoms with Gasteiger partial charge in [-0.15, -0.1) is 0 Å². The lowest BCUT2D eigenvalue weighted by molar-refractivity contribution is -0.319. The van der Waals surface area contributed by atoms with Crippen LogP contribution in [0.15, 0.2) is 36.4 Å². The third-order valence-electron chi connectivity index (χ3n) is 5.01. The molecule has 1 unspecified atom stereocenters. The number of aliphatic hydroxyl groups is 6. The molecule has 2 saturated heterocycles. The summed E-state index contributed by atoms with van der Waals surface area (Å²) in [6.07, 6.45) is -8.71. The van der Waals surface area contributed by atoms with Crippen LogP contribution in [0.4, 0.5) is 0 Å². The van der Waals surface area contributed by atoms with Crippen LogP contribution in [0.1, 0.15) is 5.56 Å². The molecule has 10 nitrogen and oxygen atoms in total. The number of ether oxygens (including phenoxy) is 4. The van der Waals surface area contributed by atoms with Gasteiger partial charge < -0.3 is 49.6 Å². The zero-order valence-corrected chi connectivity index (χ0v) is 16.2. The van der Waals surface area contributed by atoms with E-state index in [0.717, 1.165) is 5.56 Å². The molecule has 0 amide bonds. The van der Waals surface area contributed by atoms with E-state index >= 15 is 0 Å². The standard InChI is InChI=1S/C20H28O10/c21-12-9-28-19(17(25)14(12)22)29-10-13-15(23)16(24)18(26)20(30-13)27-8-4-7-11-5-2-1-3-6-11/h1-7,12-26H,8-10H2/t12-,13+,14-,15+,16-,17+,18+,19?,20+/m0/s1. The molecule has 9 atom stereocenters. The van der Waals surface area contributed by atoms with Crippen molar-refractivity contribution in [1.82, 2.24) is 0 Å². The minimum absolute atomic E-state index is 0.0849. The molecule has 1 aromatic rings. The van der Waals surface area contributed by atoms with Crippen molar-refractivity contribution in [2.45, 2.75) is 55.3 Å².